The van der Waals surface area contributed by atoms with Gasteiger partial charge in [0.15, 0.2) is 5.82 Å². The van der Waals surface area contributed by atoms with Gasteiger partial charge in [0.2, 0.25) is 5.75 Å². The first-order valence-corrected chi connectivity index (χ1v) is 14.2. The number of nitrogens with zero attached hydrogens (tertiary/aromatic N) is 7. The van der Waals surface area contributed by atoms with Crippen molar-refractivity contribution in [1.82, 2.24) is 39.8 Å². The lowest BCUT2D eigenvalue weighted by Crippen LogP contribution is -2.13. The summed E-state index contributed by atoms with van der Waals surface area (Å²) in [7, 11) is 1.39. The van der Waals surface area contributed by atoms with Gasteiger partial charge in [-0.1, -0.05) is 46.7 Å². The number of H-pyrrole nitrogens is 1. The van der Waals surface area contributed by atoms with E-state index in [1.165, 1.54) is 38.0 Å². The number of nitrogen functional groups attached to an aromatic ring is 1. The zero-order chi connectivity index (χ0) is 33.6. The highest BCUT2D eigenvalue weighted by Gasteiger charge is 2.18. The molecule has 4 N–H and O–H groups in total. The van der Waals surface area contributed by atoms with Crippen LogP contribution < -0.4 is 16.0 Å². The number of ether oxygens (including phenoxy) is 1. The summed E-state index contributed by atoms with van der Waals surface area (Å²) in [5, 5.41) is 23.9. The first-order valence-electron chi connectivity index (χ1n) is 14.2. The fraction of sp³-hybridized carbons (Fsp3) is 0.0938. The molecule has 5 heterocycles. The molecular formula is C32H26F2N10O4. The van der Waals surface area contributed by atoms with Crippen molar-refractivity contribution < 1.29 is 22.6 Å². The third-order valence-corrected chi connectivity index (χ3v) is 7.02. The highest BCUT2D eigenvalue weighted by atomic mass is 19.1. The molecule has 0 saturated heterocycles. The molecule has 16 heteroatoms. The number of halogens is 2. The Morgan fingerprint density at radius 3 is 1.92 bits per heavy atom. The maximum absolute atomic E-state index is 14.1. The predicted octanol–water partition coefficient (Wildman–Crippen LogP) is 4.49. The largest absolute Gasteiger partial charge is 0.490 e. The number of nitrogens with one attached hydrogen (secondary N) is 2. The number of hydrogen-bond acceptors (Lipinski definition) is 10. The summed E-state index contributed by atoms with van der Waals surface area (Å²) in [5.74, 6) is -0.453. The van der Waals surface area contributed by atoms with Gasteiger partial charge in [-0.3, -0.25) is 19.6 Å². The fourth-order valence-electron chi connectivity index (χ4n) is 4.66. The topological polar surface area (TPSA) is 193 Å². The summed E-state index contributed by atoms with van der Waals surface area (Å²) < 4.78 is 45.6. The highest BCUT2D eigenvalue weighted by molar-refractivity contribution is 5.94. The average Bonchev–Trinajstić information content (AvgIpc) is 3.91. The zero-order valence-electron chi connectivity index (χ0n) is 25.2. The molecule has 0 amide bonds. The van der Waals surface area contributed by atoms with E-state index in [2.05, 4.69) is 30.5 Å². The minimum atomic E-state index is -0.422. The number of benzene rings is 2. The molecule has 0 saturated carbocycles. The van der Waals surface area contributed by atoms with Crippen molar-refractivity contribution in [3.8, 4) is 40.0 Å². The van der Waals surface area contributed by atoms with Crippen LogP contribution >= 0.6 is 0 Å². The van der Waals surface area contributed by atoms with Crippen LogP contribution in [0.3, 0.4) is 0 Å². The van der Waals surface area contributed by atoms with E-state index < -0.39 is 5.56 Å². The predicted molar refractivity (Wildman–Crippen MR) is 168 cm³/mol. The Morgan fingerprint density at radius 2 is 1.42 bits per heavy atom. The van der Waals surface area contributed by atoms with Gasteiger partial charge in [-0.25, -0.2) is 13.8 Å². The number of nitrogens with two attached hydrogens (primary N) is 1. The zero-order valence-corrected chi connectivity index (χ0v) is 25.2. The van der Waals surface area contributed by atoms with Crippen molar-refractivity contribution in [1.29, 1.82) is 5.41 Å². The molecule has 48 heavy (non-hydrogen) atoms. The standard InChI is InChI=1S/C18H14FN5O3.C14H12FN5O/c1-26-16-9-20-17(21-18(16)25)14-8-15(13-6-7-27-23-13)24(22-14)10-11-4-2-3-5-12(11)19;15-10-4-2-1-3-9(10)8-20-13(11-5-6-21-19-11)7-12(18-20)14(16)17/h2-9H,10H2,1H3,(H,20,21,25);1-7H,8H2,(H3,16,17). The molecule has 7 aromatic rings. The van der Waals surface area contributed by atoms with Crippen LogP contribution in [0.15, 0.2) is 105 Å². The monoisotopic (exact) mass is 652 g/mol. The van der Waals surface area contributed by atoms with Crippen LogP contribution in [-0.2, 0) is 13.1 Å². The van der Waals surface area contributed by atoms with Crippen molar-refractivity contribution in [2.45, 2.75) is 13.1 Å². The van der Waals surface area contributed by atoms with Crippen molar-refractivity contribution in [2.24, 2.45) is 5.73 Å². The second-order valence-electron chi connectivity index (χ2n) is 10.1. The molecular weight excluding hydrogens is 626 g/mol. The lowest BCUT2D eigenvalue weighted by molar-refractivity contribution is 0.406. The fourth-order valence-corrected chi connectivity index (χ4v) is 4.66. The normalized spacial score (nSPS) is 10.8. The van der Waals surface area contributed by atoms with E-state index in [0.29, 0.717) is 45.3 Å². The second-order valence-corrected chi connectivity index (χ2v) is 10.1. The molecule has 0 atom stereocenters. The summed E-state index contributed by atoms with van der Waals surface area (Å²) in [6.45, 7) is 0.386. The van der Waals surface area contributed by atoms with Crippen molar-refractivity contribution in [3.05, 3.63) is 130 Å². The molecule has 0 aliphatic rings. The molecule has 5 aromatic heterocycles. The van der Waals surface area contributed by atoms with Crippen LogP contribution in [0.1, 0.15) is 16.8 Å². The summed E-state index contributed by atoms with van der Waals surface area (Å²) in [6, 6.07) is 19.5. The lowest BCUT2D eigenvalue weighted by atomic mass is 10.2. The molecule has 2 aromatic carbocycles. The quantitative estimate of drug-likeness (QED) is 0.148. The Morgan fingerprint density at radius 1 is 0.854 bits per heavy atom. The molecule has 0 aliphatic heterocycles. The molecule has 0 radical (unpaired) electrons. The van der Waals surface area contributed by atoms with Crippen molar-refractivity contribution >= 4 is 5.84 Å². The smallest absolute Gasteiger partial charge is 0.293 e. The van der Waals surface area contributed by atoms with Crippen LogP contribution in [0.25, 0.3) is 34.3 Å². The van der Waals surface area contributed by atoms with Gasteiger partial charge in [-0.2, -0.15) is 10.2 Å². The summed E-state index contributed by atoms with van der Waals surface area (Å²) in [6.07, 6.45) is 4.19. The summed E-state index contributed by atoms with van der Waals surface area (Å²) in [5.41, 5.74) is 8.99. The van der Waals surface area contributed by atoms with E-state index in [-0.39, 0.29) is 42.1 Å². The van der Waals surface area contributed by atoms with Crippen molar-refractivity contribution in [3.63, 3.8) is 0 Å². The summed E-state index contributed by atoms with van der Waals surface area (Å²) in [4.78, 5) is 18.8. The Hall–Kier alpha value is -6.71. The van der Waals surface area contributed by atoms with Crippen molar-refractivity contribution in [2.75, 3.05) is 7.11 Å². The summed E-state index contributed by atoms with van der Waals surface area (Å²) >= 11 is 0. The minimum absolute atomic E-state index is 0.0984. The van der Waals surface area contributed by atoms with Gasteiger partial charge in [0.05, 0.1) is 37.8 Å². The molecule has 14 nitrogen and oxygen atoms in total. The van der Waals surface area contributed by atoms with Gasteiger partial charge in [0.25, 0.3) is 5.56 Å². The molecule has 0 unspecified atom stereocenters. The third kappa shape index (κ3) is 6.76. The minimum Gasteiger partial charge on any atom is -0.490 e. The SMILES string of the molecule is COc1cnc(-c2cc(-c3ccon3)n(Cc3ccccc3F)n2)[nH]c1=O.N=C(N)c1cc(-c2ccon2)n(Cc2ccccc2F)n1. The Balaban J connectivity index is 0.000000173. The molecule has 0 spiro atoms. The number of rotatable bonds is 9. The first kappa shape index (κ1) is 31.3. The Labute approximate surface area is 269 Å². The lowest BCUT2D eigenvalue weighted by Gasteiger charge is -2.06. The van der Waals surface area contributed by atoms with E-state index >= 15 is 0 Å². The van der Waals surface area contributed by atoms with Gasteiger partial charge in [-0.15, -0.1) is 0 Å². The number of aromatic amines is 1. The van der Waals surface area contributed by atoms with Gasteiger partial charge >= 0.3 is 0 Å². The maximum atomic E-state index is 14.1. The highest BCUT2D eigenvalue weighted by Crippen LogP contribution is 2.25. The number of methoxy groups -OCH3 is 1. The Kier molecular flexibility index (Phi) is 8.95. The van der Waals surface area contributed by atoms with Crippen LogP contribution in [0.2, 0.25) is 0 Å². The third-order valence-electron chi connectivity index (χ3n) is 7.02. The maximum Gasteiger partial charge on any atom is 0.293 e. The van der Waals surface area contributed by atoms with E-state index in [0.717, 1.165) is 0 Å². The van der Waals surface area contributed by atoms with Gasteiger partial charge in [0, 0.05) is 23.3 Å². The number of aromatic nitrogens is 8. The molecule has 0 bridgehead atoms. The molecule has 7 rings (SSSR count). The molecule has 242 valence electrons. The van der Waals surface area contributed by atoms with Gasteiger partial charge < -0.3 is 24.5 Å². The molecule has 0 fully saturated rings. The van der Waals surface area contributed by atoms with Crippen LogP contribution in [0.5, 0.6) is 5.75 Å². The van der Waals surface area contributed by atoms with E-state index in [1.54, 1.807) is 70.0 Å². The van der Waals surface area contributed by atoms with Gasteiger partial charge in [0.1, 0.15) is 52.8 Å². The second kappa shape index (κ2) is 13.7. The van der Waals surface area contributed by atoms with Gasteiger partial charge in [-0.05, 0) is 24.3 Å². The molecule has 0 aliphatic carbocycles. The van der Waals surface area contributed by atoms with E-state index in [9.17, 15) is 13.6 Å². The average molecular weight is 653 g/mol. The van der Waals surface area contributed by atoms with Crippen LogP contribution in [0.4, 0.5) is 8.78 Å². The Bertz CT molecular complexity index is 2220. The van der Waals surface area contributed by atoms with Crippen LogP contribution in [-0.4, -0.2) is 52.8 Å². The first-order chi connectivity index (χ1) is 23.3. The van der Waals surface area contributed by atoms with E-state index in [4.69, 9.17) is 24.9 Å². The van der Waals surface area contributed by atoms with Crippen LogP contribution in [0, 0.1) is 17.0 Å². The number of amidine groups is 1. The number of hydrogen-bond donors (Lipinski definition) is 3. The van der Waals surface area contributed by atoms with E-state index in [1.807, 2.05) is 0 Å².